The SMILES string of the molecule is CN=C(NCCCc1ccccc1Cl)NCC(CO)c1ccccc1. The maximum Gasteiger partial charge on any atom is 0.190 e. The molecule has 0 aromatic heterocycles. The van der Waals surface area contributed by atoms with Crippen LogP contribution in [0.3, 0.4) is 0 Å². The van der Waals surface area contributed by atoms with Crippen LogP contribution in [-0.2, 0) is 6.42 Å². The molecule has 0 aliphatic rings. The van der Waals surface area contributed by atoms with Crippen molar-refractivity contribution < 1.29 is 5.11 Å². The summed E-state index contributed by atoms with van der Waals surface area (Å²) >= 11 is 6.17. The van der Waals surface area contributed by atoms with Crippen LogP contribution in [0, 0.1) is 0 Å². The van der Waals surface area contributed by atoms with Gasteiger partial charge in [-0.05, 0) is 30.0 Å². The second-order valence-corrected chi connectivity index (χ2v) is 6.27. The van der Waals surface area contributed by atoms with Gasteiger partial charge in [-0.2, -0.15) is 0 Å². The van der Waals surface area contributed by atoms with Gasteiger partial charge in [0.2, 0.25) is 0 Å². The molecule has 0 heterocycles. The summed E-state index contributed by atoms with van der Waals surface area (Å²) in [5.74, 6) is 0.788. The summed E-state index contributed by atoms with van der Waals surface area (Å²) in [6, 6.07) is 17.9. The molecule has 134 valence electrons. The lowest BCUT2D eigenvalue weighted by Crippen LogP contribution is -2.40. The van der Waals surface area contributed by atoms with Crippen LogP contribution in [0.5, 0.6) is 0 Å². The van der Waals surface area contributed by atoms with Crippen LogP contribution in [0.25, 0.3) is 0 Å². The highest BCUT2D eigenvalue weighted by molar-refractivity contribution is 6.31. The highest BCUT2D eigenvalue weighted by Crippen LogP contribution is 2.16. The number of aliphatic hydroxyl groups is 1. The first-order chi connectivity index (χ1) is 12.2. The van der Waals surface area contributed by atoms with E-state index in [1.165, 1.54) is 5.56 Å². The van der Waals surface area contributed by atoms with E-state index in [4.69, 9.17) is 11.6 Å². The highest BCUT2D eigenvalue weighted by atomic mass is 35.5. The highest BCUT2D eigenvalue weighted by Gasteiger charge is 2.10. The Labute approximate surface area is 155 Å². The minimum Gasteiger partial charge on any atom is -0.396 e. The van der Waals surface area contributed by atoms with Crippen molar-refractivity contribution in [1.29, 1.82) is 0 Å². The maximum absolute atomic E-state index is 9.62. The van der Waals surface area contributed by atoms with Gasteiger partial charge in [-0.25, -0.2) is 0 Å². The second kappa shape index (κ2) is 10.7. The Morgan fingerprint density at radius 1 is 1.08 bits per heavy atom. The summed E-state index contributed by atoms with van der Waals surface area (Å²) in [6.45, 7) is 1.53. The van der Waals surface area contributed by atoms with Crippen LogP contribution in [0.4, 0.5) is 0 Å². The van der Waals surface area contributed by atoms with E-state index in [0.29, 0.717) is 6.54 Å². The lowest BCUT2D eigenvalue weighted by Gasteiger charge is -2.18. The monoisotopic (exact) mass is 359 g/mol. The number of benzene rings is 2. The third-order valence-electron chi connectivity index (χ3n) is 4.10. The topological polar surface area (TPSA) is 56.7 Å². The molecule has 0 fully saturated rings. The predicted molar refractivity (Wildman–Crippen MR) is 105 cm³/mol. The van der Waals surface area contributed by atoms with Crippen LogP contribution in [0.1, 0.15) is 23.5 Å². The van der Waals surface area contributed by atoms with Crippen molar-refractivity contribution in [2.24, 2.45) is 4.99 Å². The average Bonchev–Trinajstić information content (AvgIpc) is 2.66. The minimum absolute atomic E-state index is 0.0443. The normalized spacial score (nSPS) is 12.7. The molecule has 0 radical (unpaired) electrons. The number of nitrogens with one attached hydrogen (secondary N) is 2. The van der Waals surface area contributed by atoms with Gasteiger partial charge in [0, 0.05) is 31.1 Å². The van der Waals surface area contributed by atoms with Crippen molar-refractivity contribution in [3.8, 4) is 0 Å². The van der Waals surface area contributed by atoms with E-state index in [1.807, 2.05) is 48.5 Å². The number of guanidine groups is 1. The Morgan fingerprint density at radius 2 is 1.80 bits per heavy atom. The zero-order valence-corrected chi connectivity index (χ0v) is 15.3. The number of rotatable bonds is 8. The minimum atomic E-state index is 0.0443. The molecule has 2 aromatic rings. The van der Waals surface area contributed by atoms with Crippen LogP contribution in [0.2, 0.25) is 5.02 Å². The first kappa shape index (κ1) is 19.3. The Kier molecular flexibility index (Phi) is 8.29. The third kappa shape index (κ3) is 6.40. The Balaban J connectivity index is 1.74. The molecule has 1 atom stereocenters. The van der Waals surface area contributed by atoms with Crippen LogP contribution in [-0.4, -0.2) is 37.8 Å². The van der Waals surface area contributed by atoms with Crippen molar-refractivity contribution in [3.63, 3.8) is 0 Å². The average molecular weight is 360 g/mol. The summed E-state index contributed by atoms with van der Waals surface area (Å²) in [7, 11) is 1.75. The molecule has 0 bridgehead atoms. The third-order valence-corrected chi connectivity index (χ3v) is 4.47. The van der Waals surface area contributed by atoms with Crippen LogP contribution >= 0.6 is 11.6 Å². The Morgan fingerprint density at radius 3 is 2.48 bits per heavy atom. The molecular formula is C20H26ClN3O. The number of hydrogen-bond donors (Lipinski definition) is 3. The Bertz CT molecular complexity index is 661. The zero-order valence-electron chi connectivity index (χ0n) is 14.6. The molecule has 2 rings (SSSR count). The van der Waals surface area contributed by atoms with Gasteiger partial charge in [-0.1, -0.05) is 60.1 Å². The molecule has 25 heavy (non-hydrogen) atoms. The summed E-state index contributed by atoms with van der Waals surface area (Å²) in [5.41, 5.74) is 2.28. The zero-order chi connectivity index (χ0) is 17.9. The van der Waals surface area contributed by atoms with E-state index in [1.54, 1.807) is 7.05 Å². The Hall–Kier alpha value is -2.04. The van der Waals surface area contributed by atoms with Gasteiger partial charge in [-0.3, -0.25) is 4.99 Å². The fourth-order valence-corrected chi connectivity index (χ4v) is 2.87. The van der Waals surface area contributed by atoms with E-state index < -0.39 is 0 Å². The van der Waals surface area contributed by atoms with Gasteiger partial charge in [0.25, 0.3) is 0 Å². The van der Waals surface area contributed by atoms with E-state index in [-0.39, 0.29) is 12.5 Å². The molecule has 5 heteroatoms. The molecule has 0 spiro atoms. The van der Waals surface area contributed by atoms with Gasteiger partial charge in [0.05, 0.1) is 6.61 Å². The van der Waals surface area contributed by atoms with Crippen molar-refractivity contribution >= 4 is 17.6 Å². The molecule has 0 saturated carbocycles. The van der Waals surface area contributed by atoms with Crippen LogP contribution in [0.15, 0.2) is 59.6 Å². The smallest absolute Gasteiger partial charge is 0.190 e. The summed E-state index contributed by atoms with van der Waals surface area (Å²) in [6.07, 6.45) is 1.89. The first-order valence-electron chi connectivity index (χ1n) is 8.58. The van der Waals surface area contributed by atoms with Crippen molar-refractivity contribution in [2.45, 2.75) is 18.8 Å². The largest absolute Gasteiger partial charge is 0.396 e. The van der Waals surface area contributed by atoms with E-state index in [2.05, 4.69) is 21.7 Å². The molecule has 0 aliphatic heterocycles. The van der Waals surface area contributed by atoms with Crippen molar-refractivity contribution in [1.82, 2.24) is 10.6 Å². The lowest BCUT2D eigenvalue weighted by molar-refractivity contribution is 0.265. The number of halogens is 1. The van der Waals surface area contributed by atoms with Gasteiger partial charge < -0.3 is 15.7 Å². The summed E-state index contributed by atoms with van der Waals surface area (Å²) in [4.78, 5) is 4.24. The summed E-state index contributed by atoms with van der Waals surface area (Å²) in [5, 5.41) is 17.0. The molecule has 0 amide bonds. The molecule has 0 saturated heterocycles. The van der Waals surface area contributed by atoms with Crippen molar-refractivity contribution in [3.05, 3.63) is 70.7 Å². The number of nitrogens with zero attached hydrogens (tertiary/aromatic N) is 1. The van der Waals surface area contributed by atoms with Gasteiger partial charge >= 0.3 is 0 Å². The molecule has 4 nitrogen and oxygen atoms in total. The van der Waals surface area contributed by atoms with E-state index in [0.717, 1.165) is 35.9 Å². The van der Waals surface area contributed by atoms with Gasteiger partial charge in [0.1, 0.15) is 0 Å². The number of hydrogen-bond acceptors (Lipinski definition) is 2. The molecule has 3 N–H and O–H groups in total. The standard InChI is InChI=1S/C20H26ClN3O/c1-22-20(23-13-7-11-17-10-5-6-12-19(17)21)24-14-18(15-25)16-8-3-2-4-9-16/h2-6,8-10,12,18,25H,7,11,13-15H2,1H3,(H2,22,23,24). The van der Waals surface area contributed by atoms with E-state index in [9.17, 15) is 5.11 Å². The lowest BCUT2D eigenvalue weighted by atomic mass is 10.0. The maximum atomic E-state index is 9.62. The van der Waals surface area contributed by atoms with E-state index >= 15 is 0 Å². The first-order valence-corrected chi connectivity index (χ1v) is 8.96. The fourth-order valence-electron chi connectivity index (χ4n) is 2.64. The molecule has 2 aromatic carbocycles. The molecular weight excluding hydrogens is 334 g/mol. The summed E-state index contributed by atoms with van der Waals surface area (Å²) < 4.78 is 0. The van der Waals surface area contributed by atoms with Gasteiger partial charge in [0.15, 0.2) is 5.96 Å². The molecule has 1 unspecified atom stereocenters. The van der Waals surface area contributed by atoms with Crippen molar-refractivity contribution in [2.75, 3.05) is 26.7 Å². The number of aliphatic imine (C=N–C) groups is 1. The quantitative estimate of drug-likeness (QED) is 0.385. The predicted octanol–water partition coefficient (Wildman–Crippen LogP) is 3.21. The molecule has 0 aliphatic carbocycles. The number of aliphatic hydroxyl groups excluding tert-OH is 1. The fraction of sp³-hybridized carbons (Fsp3) is 0.350. The number of aryl methyl sites for hydroxylation is 1. The van der Waals surface area contributed by atoms with Crippen LogP contribution < -0.4 is 10.6 Å². The van der Waals surface area contributed by atoms with Gasteiger partial charge in [-0.15, -0.1) is 0 Å². The second-order valence-electron chi connectivity index (χ2n) is 5.87.